The van der Waals surface area contributed by atoms with Crippen LogP contribution in [-0.4, -0.2) is 0 Å². The summed E-state index contributed by atoms with van der Waals surface area (Å²) in [6.45, 7) is 4.07. The van der Waals surface area contributed by atoms with Gasteiger partial charge in [0.15, 0.2) is 0 Å². The molecule has 2 heteroatoms. The minimum Gasteiger partial charge on any atom is -0.324 e. The Hall–Kier alpha value is -0.890. The van der Waals surface area contributed by atoms with Crippen molar-refractivity contribution in [3.63, 3.8) is 0 Å². The quantitative estimate of drug-likeness (QED) is 0.846. The molecule has 1 saturated carbocycles. The summed E-state index contributed by atoms with van der Waals surface area (Å²) in [5, 5.41) is 0. The zero-order chi connectivity index (χ0) is 13.1. The molecular formula is C16H24FN. The van der Waals surface area contributed by atoms with Gasteiger partial charge in [-0.25, -0.2) is 4.39 Å². The van der Waals surface area contributed by atoms with Crippen molar-refractivity contribution in [1.82, 2.24) is 0 Å². The monoisotopic (exact) mass is 249 g/mol. The van der Waals surface area contributed by atoms with Crippen molar-refractivity contribution in [3.05, 3.63) is 35.1 Å². The van der Waals surface area contributed by atoms with E-state index in [2.05, 4.69) is 6.92 Å². The van der Waals surface area contributed by atoms with Crippen LogP contribution in [0.1, 0.15) is 56.2 Å². The summed E-state index contributed by atoms with van der Waals surface area (Å²) >= 11 is 0. The van der Waals surface area contributed by atoms with Gasteiger partial charge in [0, 0.05) is 6.04 Å². The fraction of sp³-hybridized carbons (Fsp3) is 0.625. The van der Waals surface area contributed by atoms with Gasteiger partial charge >= 0.3 is 0 Å². The molecule has 0 heterocycles. The molecule has 2 rings (SSSR count). The SMILES string of the molecule is CCC1CCCC(C(N)c2ccc(F)c(C)c2)C1. The lowest BCUT2D eigenvalue weighted by molar-refractivity contribution is 0.230. The largest absolute Gasteiger partial charge is 0.324 e. The Labute approximate surface area is 110 Å². The summed E-state index contributed by atoms with van der Waals surface area (Å²) in [5.41, 5.74) is 8.18. The Bertz CT molecular complexity index is 402. The molecule has 1 nitrogen and oxygen atoms in total. The van der Waals surface area contributed by atoms with E-state index in [0.717, 1.165) is 11.5 Å². The van der Waals surface area contributed by atoms with Crippen molar-refractivity contribution >= 4 is 0 Å². The Morgan fingerprint density at radius 2 is 2.17 bits per heavy atom. The molecule has 0 bridgehead atoms. The Balaban J connectivity index is 2.10. The van der Waals surface area contributed by atoms with E-state index in [9.17, 15) is 4.39 Å². The predicted octanol–water partition coefficient (Wildman–Crippen LogP) is 4.35. The first-order valence-electron chi connectivity index (χ1n) is 7.13. The standard InChI is InChI=1S/C16H24FN/c1-3-12-5-4-6-13(10-12)16(18)14-7-8-15(17)11(2)9-14/h7-9,12-13,16H,3-6,10,18H2,1-2H3. The average molecular weight is 249 g/mol. The zero-order valence-electron chi connectivity index (χ0n) is 11.5. The maximum Gasteiger partial charge on any atom is 0.126 e. The number of rotatable bonds is 3. The zero-order valence-corrected chi connectivity index (χ0v) is 11.5. The minimum atomic E-state index is -0.138. The molecular weight excluding hydrogens is 225 g/mol. The van der Waals surface area contributed by atoms with Crippen molar-refractivity contribution in [1.29, 1.82) is 0 Å². The fourth-order valence-electron chi connectivity index (χ4n) is 3.18. The first-order valence-corrected chi connectivity index (χ1v) is 7.13. The molecule has 0 spiro atoms. The van der Waals surface area contributed by atoms with Gasteiger partial charge in [-0.3, -0.25) is 0 Å². The van der Waals surface area contributed by atoms with E-state index in [1.54, 1.807) is 13.0 Å². The minimum absolute atomic E-state index is 0.0682. The lowest BCUT2D eigenvalue weighted by Gasteiger charge is -2.32. The fourth-order valence-corrected chi connectivity index (χ4v) is 3.18. The van der Waals surface area contributed by atoms with E-state index in [0.29, 0.717) is 11.5 Å². The Kier molecular flexibility index (Phi) is 4.39. The van der Waals surface area contributed by atoms with Crippen LogP contribution in [0.3, 0.4) is 0 Å². The molecule has 1 fully saturated rings. The molecule has 3 unspecified atom stereocenters. The van der Waals surface area contributed by atoms with Crippen LogP contribution in [0.2, 0.25) is 0 Å². The summed E-state index contributed by atoms with van der Waals surface area (Å²) in [4.78, 5) is 0. The van der Waals surface area contributed by atoms with Crippen LogP contribution in [0.15, 0.2) is 18.2 Å². The summed E-state index contributed by atoms with van der Waals surface area (Å²) in [6.07, 6.45) is 6.34. The van der Waals surface area contributed by atoms with E-state index in [1.807, 2.05) is 12.1 Å². The molecule has 0 aliphatic heterocycles. The van der Waals surface area contributed by atoms with Gasteiger partial charge in [0.25, 0.3) is 0 Å². The third-order valence-corrected chi connectivity index (χ3v) is 4.48. The van der Waals surface area contributed by atoms with Gasteiger partial charge in [-0.2, -0.15) is 0 Å². The second-order valence-electron chi connectivity index (χ2n) is 5.74. The van der Waals surface area contributed by atoms with E-state index in [-0.39, 0.29) is 11.9 Å². The van der Waals surface area contributed by atoms with Crippen molar-refractivity contribution < 1.29 is 4.39 Å². The van der Waals surface area contributed by atoms with Crippen molar-refractivity contribution in [2.24, 2.45) is 17.6 Å². The number of benzene rings is 1. The van der Waals surface area contributed by atoms with Crippen LogP contribution in [0.5, 0.6) is 0 Å². The van der Waals surface area contributed by atoms with E-state index < -0.39 is 0 Å². The topological polar surface area (TPSA) is 26.0 Å². The Morgan fingerprint density at radius 1 is 1.39 bits per heavy atom. The molecule has 0 saturated heterocycles. The number of nitrogens with two attached hydrogens (primary N) is 1. The highest BCUT2D eigenvalue weighted by molar-refractivity contribution is 5.26. The van der Waals surface area contributed by atoms with Gasteiger partial charge in [-0.15, -0.1) is 0 Å². The summed E-state index contributed by atoms with van der Waals surface area (Å²) in [5.74, 6) is 1.26. The molecule has 0 amide bonds. The first kappa shape index (κ1) is 13.5. The highest BCUT2D eigenvalue weighted by atomic mass is 19.1. The predicted molar refractivity (Wildman–Crippen MR) is 73.8 cm³/mol. The van der Waals surface area contributed by atoms with Gasteiger partial charge < -0.3 is 5.73 Å². The van der Waals surface area contributed by atoms with Crippen molar-refractivity contribution in [3.8, 4) is 0 Å². The molecule has 1 aromatic rings. The smallest absolute Gasteiger partial charge is 0.126 e. The van der Waals surface area contributed by atoms with Crippen LogP contribution in [0.25, 0.3) is 0 Å². The third-order valence-electron chi connectivity index (χ3n) is 4.48. The van der Waals surface area contributed by atoms with Crippen LogP contribution < -0.4 is 5.73 Å². The van der Waals surface area contributed by atoms with Crippen LogP contribution >= 0.6 is 0 Å². The van der Waals surface area contributed by atoms with Gasteiger partial charge in [0.2, 0.25) is 0 Å². The van der Waals surface area contributed by atoms with Gasteiger partial charge in [0.1, 0.15) is 5.82 Å². The molecule has 18 heavy (non-hydrogen) atoms. The van der Waals surface area contributed by atoms with Crippen molar-refractivity contribution in [2.75, 3.05) is 0 Å². The molecule has 1 aromatic carbocycles. The lowest BCUT2D eigenvalue weighted by atomic mass is 9.75. The number of hydrogen-bond acceptors (Lipinski definition) is 1. The van der Waals surface area contributed by atoms with E-state index >= 15 is 0 Å². The van der Waals surface area contributed by atoms with Gasteiger partial charge in [-0.05, 0) is 48.8 Å². The molecule has 1 aliphatic rings. The molecule has 100 valence electrons. The van der Waals surface area contributed by atoms with Gasteiger partial charge in [-0.1, -0.05) is 38.3 Å². The number of aryl methyl sites for hydroxylation is 1. The second-order valence-corrected chi connectivity index (χ2v) is 5.74. The first-order chi connectivity index (χ1) is 8.61. The summed E-state index contributed by atoms with van der Waals surface area (Å²) < 4.78 is 13.3. The van der Waals surface area contributed by atoms with Gasteiger partial charge in [0.05, 0.1) is 0 Å². The summed E-state index contributed by atoms with van der Waals surface area (Å²) in [7, 11) is 0. The normalized spacial score (nSPS) is 26.0. The average Bonchev–Trinajstić information content (AvgIpc) is 2.41. The number of hydrogen-bond donors (Lipinski definition) is 1. The molecule has 1 aliphatic carbocycles. The maximum absolute atomic E-state index is 13.3. The Morgan fingerprint density at radius 3 is 2.83 bits per heavy atom. The maximum atomic E-state index is 13.3. The van der Waals surface area contributed by atoms with Crippen LogP contribution in [-0.2, 0) is 0 Å². The molecule has 3 atom stereocenters. The molecule has 0 radical (unpaired) electrons. The van der Waals surface area contributed by atoms with E-state index in [4.69, 9.17) is 5.73 Å². The number of halogens is 1. The summed E-state index contributed by atoms with van der Waals surface area (Å²) in [6, 6.07) is 5.38. The highest BCUT2D eigenvalue weighted by Crippen LogP contribution is 2.37. The lowest BCUT2D eigenvalue weighted by Crippen LogP contribution is -2.27. The molecule has 2 N–H and O–H groups in total. The van der Waals surface area contributed by atoms with E-state index in [1.165, 1.54) is 32.1 Å². The van der Waals surface area contributed by atoms with Crippen molar-refractivity contribution in [2.45, 2.75) is 52.0 Å². The highest BCUT2D eigenvalue weighted by Gasteiger charge is 2.26. The second kappa shape index (κ2) is 5.83. The van der Waals surface area contributed by atoms with Crippen LogP contribution in [0, 0.1) is 24.6 Å². The molecule has 0 aromatic heterocycles. The third kappa shape index (κ3) is 2.92. The van der Waals surface area contributed by atoms with Crippen LogP contribution in [0.4, 0.5) is 4.39 Å².